The fourth-order valence-corrected chi connectivity index (χ4v) is 5.16. The summed E-state index contributed by atoms with van der Waals surface area (Å²) in [6.07, 6.45) is 1.31. The van der Waals surface area contributed by atoms with Crippen molar-refractivity contribution in [2.24, 2.45) is 0 Å². The van der Waals surface area contributed by atoms with Crippen LogP contribution >= 0.6 is 11.1 Å². The lowest BCUT2D eigenvalue weighted by Crippen LogP contribution is -2.47. The normalized spacial score (nSPS) is 19.2. The van der Waals surface area contributed by atoms with E-state index in [-0.39, 0.29) is 0 Å². The number of hydrogen-bond acceptors (Lipinski definition) is 1. The molecule has 1 aromatic carbocycles. The first kappa shape index (κ1) is 9.10. The van der Waals surface area contributed by atoms with Gasteiger partial charge in [-0.15, -0.1) is 0 Å². The van der Waals surface area contributed by atoms with Crippen molar-refractivity contribution >= 4 is 23.6 Å². The van der Waals surface area contributed by atoms with Crippen molar-refractivity contribution in [2.75, 3.05) is 7.11 Å². The van der Waals surface area contributed by atoms with E-state index in [9.17, 15) is 0 Å². The van der Waals surface area contributed by atoms with E-state index in [0.717, 1.165) is 5.75 Å². The maximum Gasteiger partial charge on any atom is 0.186 e. The Morgan fingerprint density at radius 1 is 1.23 bits per heavy atom. The molecule has 0 saturated carbocycles. The molecule has 1 nitrogen and oxygen atoms in total. The van der Waals surface area contributed by atoms with Crippen molar-refractivity contribution in [3.63, 3.8) is 0 Å². The molecule has 0 amide bonds. The van der Waals surface area contributed by atoms with Crippen molar-refractivity contribution in [2.45, 2.75) is 18.5 Å². The van der Waals surface area contributed by atoms with Gasteiger partial charge in [0.25, 0.3) is 0 Å². The molecule has 70 valence electrons. The van der Waals surface area contributed by atoms with Crippen LogP contribution in [0.15, 0.2) is 24.3 Å². The first-order valence-electron chi connectivity index (χ1n) is 4.58. The van der Waals surface area contributed by atoms with Crippen LogP contribution in [0.2, 0.25) is 12.1 Å². The van der Waals surface area contributed by atoms with Crippen LogP contribution in [0.3, 0.4) is 0 Å². The van der Waals surface area contributed by atoms with Crippen molar-refractivity contribution in [1.82, 2.24) is 0 Å². The molecular weight excluding hydrogens is 200 g/mol. The fraction of sp³-hybridized carbons (Fsp3) is 0.400. The van der Waals surface area contributed by atoms with Gasteiger partial charge < -0.3 is 4.74 Å². The highest BCUT2D eigenvalue weighted by Gasteiger charge is 2.39. The van der Waals surface area contributed by atoms with E-state index in [1.165, 1.54) is 23.7 Å². The van der Waals surface area contributed by atoms with Crippen LogP contribution < -0.4 is 9.92 Å². The van der Waals surface area contributed by atoms with E-state index in [0.29, 0.717) is 0 Å². The minimum absolute atomic E-state index is 0.914. The Hall–Kier alpha value is -0.473. The Balaban J connectivity index is 2.22. The molecule has 0 spiro atoms. The van der Waals surface area contributed by atoms with E-state index in [4.69, 9.17) is 15.8 Å². The average molecular weight is 213 g/mol. The van der Waals surface area contributed by atoms with Gasteiger partial charge in [-0.3, -0.25) is 0 Å². The maximum absolute atomic E-state index is 6.53. The second-order valence-corrected chi connectivity index (χ2v) is 9.23. The first-order valence-corrected chi connectivity index (χ1v) is 8.01. The average Bonchev–Trinajstić information content (AvgIpc) is 2.14. The van der Waals surface area contributed by atoms with Crippen LogP contribution in [0.4, 0.5) is 0 Å². The molecule has 1 aromatic rings. The Kier molecular flexibility index (Phi) is 2.34. The third-order valence-electron chi connectivity index (χ3n) is 2.75. The molecule has 1 aliphatic heterocycles. The molecule has 0 aromatic heterocycles. The topological polar surface area (TPSA) is 9.23 Å². The molecule has 0 aliphatic carbocycles. The summed E-state index contributed by atoms with van der Waals surface area (Å²) < 4.78 is 5.11. The highest BCUT2D eigenvalue weighted by molar-refractivity contribution is 7.28. The lowest BCUT2D eigenvalue weighted by Gasteiger charge is -2.33. The molecule has 13 heavy (non-hydrogen) atoms. The molecule has 0 radical (unpaired) electrons. The lowest BCUT2D eigenvalue weighted by molar-refractivity contribution is 0.415. The highest BCUT2D eigenvalue weighted by Crippen LogP contribution is 2.35. The van der Waals surface area contributed by atoms with Crippen molar-refractivity contribution in [1.29, 1.82) is 0 Å². The van der Waals surface area contributed by atoms with Gasteiger partial charge in [0, 0.05) is 0 Å². The smallest absolute Gasteiger partial charge is 0.186 e. The molecule has 0 N–H and O–H groups in total. The Morgan fingerprint density at radius 2 is 1.85 bits per heavy atom. The molecule has 1 heterocycles. The summed E-state index contributed by atoms with van der Waals surface area (Å²) in [7, 11) is 0.195. The van der Waals surface area contributed by atoms with Gasteiger partial charge >= 0.3 is 0 Å². The van der Waals surface area contributed by atoms with E-state index in [1.807, 2.05) is 12.1 Å². The molecule has 1 fully saturated rings. The van der Waals surface area contributed by atoms with Crippen molar-refractivity contribution in [3.05, 3.63) is 24.3 Å². The van der Waals surface area contributed by atoms with Crippen LogP contribution in [-0.4, -0.2) is 14.5 Å². The largest absolute Gasteiger partial charge is 0.497 e. The molecule has 2 rings (SSSR count). The Labute approximate surface area is 84.4 Å². The number of hydrogen-bond donors (Lipinski definition) is 0. The monoisotopic (exact) mass is 212 g/mol. The van der Waals surface area contributed by atoms with Gasteiger partial charge in [-0.05, 0) is 29.4 Å². The van der Waals surface area contributed by atoms with E-state index in [2.05, 4.69) is 12.1 Å². The molecular formula is C10H13ClOSi. The summed E-state index contributed by atoms with van der Waals surface area (Å²) in [5, 5.41) is 1.36. The Bertz CT molecular complexity index is 292. The lowest BCUT2D eigenvalue weighted by atomic mass is 10.3. The van der Waals surface area contributed by atoms with Gasteiger partial charge in [0.2, 0.25) is 0 Å². The van der Waals surface area contributed by atoms with Crippen LogP contribution in [-0.2, 0) is 0 Å². The molecule has 3 heteroatoms. The molecule has 0 unspecified atom stereocenters. The molecule has 1 aliphatic rings. The summed E-state index contributed by atoms with van der Waals surface area (Å²) in [5.41, 5.74) is 0. The minimum Gasteiger partial charge on any atom is -0.497 e. The van der Waals surface area contributed by atoms with Crippen molar-refractivity contribution in [3.8, 4) is 5.75 Å². The van der Waals surface area contributed by atoms with Gasteiger partial charge in [0.15, 0.2) is 7.38 Å². The van der Waals surface area contributed by atoms with Crippen LogP contribution in [0, 0.1) is 0 Å². The fourth-order valence-electron chi connectivity index (χ4n) is 1.67. The van der Waals surface area contributed by atoms with Gasteiger partial charge in [-0.1, -0.05) is 18.6 Å². The predicted molar refractivity (Wildman–Crippen MR) is 58.5 cm³/mol. The summed E-state index contributed by atoms with van der Waals surface area (Å²) in [6, 6.07) is 10.7. The van der Waals surface area contributed by atoms with E-state index < -0.39 is 7.38 Å². The molecule has 1 saturated heterocycles. The number of rotatable bonds is 2. The second kappa shape index (κ2) is 3.35. The summed E-state index contributed by atoms with van der Waals surface area (Å²) >= 11 is 6.53. The molecule has 0 atom stereocenters. The second-order valence-electron chi connectivity index (χ2n) is 3.55. The zero-order valence-electron chi connectivity index (χ0n) is 7.72. The number of halogens is 1. The first-order chi connectivity index (χ1) is 6.24. The quantitative estimate of drug-likeness (QED) is 0.541. The van der Waals surface area contributed by atoms with Gasteiger partial charge in [-0.25, -0.2) is 0 Å². The van der Waals surface area contributed by atoms with Crippen LogP contribution in [0.5, 0.6) is 5.75 Å². The van der Waals surface area contributed by atoms with Crippen LogP contribution in [0.1, 0.15) is 6.42 Å². The van der Waals surface area contributed by atoms with E-state index >= 15 is 0 Å². The number of benzene rings is 1. The van der Waals surface area contributed by atoms with Gasteiger partial charge in [0.05, 0.1) is 7.11 Å². The summed E-state index contributed by atoms with van der Waals surface area (Å²) in [5.74, 6) is 0.914. The zero-order valence-corrected chi connectivity index (χ0v) is 9.47. The third kappa shape index (κ3) is 1.61. The zero-order chi connectivity index (χ0) is 9.31. The number of ether oxygens (including phenoxy) is 1. The maximum atomic E-state index is 6.53. The highest BCUT2D eigenvalue weighted by atomic mass is 35.6. The van der Waals surface area contributed by atoms with Crippen LogP contribution in [0.25, 0.3) is 0 Å². The third-order valence-corrected chi connectivity index (χ3v) is 8.20. The van der Waals surface area contributed by atoms with E-state index in [1.54, 1.807) is 7.11 Å². The standard InChI is InChI=1S/C10H13ClOSi/c1-12-9-3-5-10(6-4-9)13(11)7-2-8-13/h3-6H,2,7-8H2,1H3. The number of methoxy groups -OCH3 is 1. The Morgan fingerprint density at radius 3 is 2.23 bits per heavy atom. The minimum atomic E-state index is -1.49. The van der Waals surface area contributed by atoms with Gasteiger partial charge in [-0.2, -0.15) is 11.1 Å². The summed E-state index contributed by atoms with van der Waals surface area (Å²) in [4.78, 5) is 0. The SMILES string of the molecule is COc1ccc([Si]2(Cl)CCC2)cc1. The molecule has 0 bridgehead atoms. The predicted octanol–water partition coefficient (Wildman–Crippen LogP) is 2.49. The van der Waals surface area contributed by atoms with Gasteiger partial charge in [0.1, 0.15) is 5.75 Å². The van der Waals surface area contributed by atoms with Crippen molar-refractivity contribution < 1.29 is 4.74 Å². The summed E-state index contributed by atoms with van der Waals surface area (Å²) in [6.45, 7) is 0.